The maximum absolute atomic E-state index is 11.5. The Balaban J connectivity index is 3.09. The Bertz CT molecular complexity index is 795. The van der Waals surface area contributed by atoms with E-state index in [4.69, 9.17) is 5.11 Å². The number of fused-ring (bicyclic) bond motifs is 1. The molecule has 0 unspecified atom stereocenters. The molecule has 0 atom stereocenters. The third-order valence-electron chi connectivity index (χ3n) is 2.36. The second-order valence-corrected chi connectivity index (χ2v) is 3.40. The maximum Gasteiger partial charge on any atom is 0.341 e. The number of nitrogens with one attached hydrogen (secondary N) is 2. The van der Waals surface area contributed by atoms with E-state index in [1.54, 1.807) is 0 Å². The molecule has 2 rings (SSSR count). The summed E-state index contributed by atoms with van der Waals surface area (Å²) < 4.78 is 1.02. The van der Waals surface area contributed by atoms with E-state index in [-0.39, 0.29) is 11.0 Å². The van der Waals surface area contributed by atoms with Gasteiger partial charge in [-0.3, -0.25) is 19.1 Å². The Hall–Kier alpha value is -2.64. The van der Waals surface area contributed by atoms with Crippen LogP contribution in [0.15, 0.2) is 20.4 Å². The van der Waals surface area contributed by atoms with E-state index in [2.05, 4.69) is 4.98 Å². The second kappa shape index (κ2) is 3.44. The lowest BCUT2D eigenvalue weighted by Gasteiger charge is -2.03. The zero-order chi connectivity index (χ0) is 12.7. The van der Waals surface area contributed by atoms with Crippen molar-refractivity contribution in [3.05, 3.63) is 42.8 Å². The fraction of sp³-hybridized carbons (Fsp3) is 0.111. The number of aromatic carboxylic acids is 1. The third kappa shape index (κ3) is 1.55. The lowest BCUT2D eigenvalue weighted by Crippen LogP contribution is -2.31. The van der Waals surface area contributed by atoms with Gasteiger partial charge in [-0.25, -0.2) is 9.59 Å². The SMILES string of the molecule is Cn1c(=O)[nH]c(=O)c2cc(C(=O)O)c(=O)[nH]c21. The predicted molar refractivity (Wildman–Crippen MR) is 57.4 cm³/mol. The van der Waals surface area contributed by atoms with Crippen molar-refractivity contribution in [3.8, 4) is 0 Å². The van der Waals surface area contributed by atoms with E-state index in [1.165, 1.54) is 7.05 Å². The van der Waals surface area contributed by atoms with Gasteiger partial charge in [-0.15, -0.1) is 0 Å². The first-order chi connectivity index (χ1) is 7.91. The number of H-pyrrole nitrogens is 2. The van der Waals surface area contributed by atoms with E-state index in [0.29, 0.717) is 0 Å². The minimum Gasteiger partial charge on any atom is -0.477 e. The van der Waals surface area contributed by atoms with Gasteiger partial charge in [-0.2, -0.15) is 0 Å². The molecule has 0 aromatic carbocycles. The van der Waals surface area contributed by atoms with Gasteiger partial charge < -0.3 is 10.1 Å². The van der Waals surface area contributed by atoms with E-state index in [9.17, 15) is 19.2 Å². The summed E-state index contributed by atoms with van der Waals surface area (Å²) in [4.78, 5) is 49.0. The highest BCUT2D eigenvalue weighted by Crippen LogP contribution is 2.02. The van der Waals surface area contributed by atoms with E-state index in [0.717, 1.165) is 10.6 Å². The van der Waals surface area contributed by atoms with Crippen molar-refractivity contribution in [3.63, 3.8) is 0 Å². The first kappa shape index (κ1) is 10.9. The average Bonchev–Trinajstić information content (AvgIpc) is 2.25. The van der Waals surface area contributed by atoms with Crippen LogP contribution in [0.3, 0.4) is 0 Å². The van der Waals surface area contributed by atoms with Crippen molar-refractivity contribution in [2.24, 2.45) is 7.05 Å². The number of carbonyl (C=O) groups is 1. The monoisotopic (exact) mass is 237 g/mol. The Kier molecular flexibility index (Phi) is 2.20. The number of pyridine rings is 1. The van der Waals surface area contributed by atoms with Crippen molar-refractivity contribution >= 4 is 17.0 Å². The minimum atomic E-state index is -1.44. The molecule has 0 bridgehead atoms. The van der Waals surface area contributed by atoms with Crippen molar-refractivity contribution in [1.29, 1.82) is 0 Å². The van der Waals surface area contributed by atoms with Gasteiger partial charge >= 0.3 is 11.7 Å². The molecule has 0 spiro atoms. The van der Waals surface area contributed by atoms with Crippen molar-refractivity contribution in [2.45, 2.75) is 0 Å². The number of rotatable bonds is 1. The molecular weight excluding hydrogens is 230 g/mol. The molecule has 0 fully saturated rings. The summed E-state index contributed by atoms with van der Waals surface area (Å²) in [6, 6.07) is 0.939. The largest absolute Gasteiger partial charge is 0.477 e. The molecule has 3 N–H and O–H groups in total. The molecule has 88 valence electrons. The Morgan fingerprint density at radius 3 is 2.47 bits per heavy atom. The lowest BCUT2D eigenvalue weighted by molar-refractivity contribution is 0.0695. The lowest BCUT2D eigenvalue weighted by atomic mass is 10.2. The Labute approximate surface area is 92.2 Å². The van der Waals surface area contributed by atoms with Crippen LogP contribution in [0.25, 0.3) is 11.0 Å². The van der Waals surface area contributed by atoms with Gasteiger partial charge in [0.2, 0.25) is 0 Å². The molecule has 0 aliphatic heterocycles. The fourth-order valence-corrected chi connectivity index (χ4v) is 1.47. The zero-order valence-corrected chi connectivity index (χ0v) is 8.60. The Morgan fingerprint density at radius 1 is 1.24 bits per heavy atom. The number of hydrogen-bond donors (Lipinski definition) is 3. The molecule has 2 aromatic heterocycles. The molecule has 0 amide bonds. The highest BCUT2D eigenvalue weighted by molar-refractivity contribution is 5.91. The molecule has 2 aromatic rings. The molecule has 0 aliphatic carbocycles. The summed E-state index contributed by atoms with van der Waals surface area (Å²) in [5, 5.41) is 8.67. The number of aromatic nitrogens is 3. The predicted octanol–water partition coefficient (Wildman–Crippen LogP) is -1.39. The molecule has 0 radical (unpaired) electrons. The van der Waals surface area contributed by atoms with Gasteiger partial charge in [0.25, 0.3) is 11.1 Å². The molecule has 0 saturated heterocycles. The van der Waals surface area contributed by atoms with Crippen LogP contribution in [0.4, 0.5) is 0 Å². The van der Waals surface area contributed by atoms with Gasteiger partial charge in [0.15, 0.2) is 0 Å². The summed E-state index contributed by atoms with van der Waals surface area (Å²) >= 11 is 0. The smallest absolute Gasteiger partial charge is 0.341 e. The number of aromatic amines is 2. The van der Waals surface area contributed by atoms with E-state index in [1.807, 2.05) is 4.98 Å². The minimum absolute atomic E-state index is 0.0197. The number of nitrogens with zero attached hydrogens (tertiary/aromatic N) is 1. The van der Waals surface area contributed by atoms with E-state index < -0.39 is 28.3 Å². The van der Waals surface area contributed by atoms with Crippen molar-refractivity contribution in [2.75, 3.05) is 0 Å². The van der Waals surface area contributed by atoms with Crippen LogP contribution < -0.4 is 16.8 Å². The van der Waals surface area contributed by atoms with Crippen LogP contribution in [-0.2, 0) is 7.05 Å². The van der Waals surface area contributed by atoms with Crippen LogP contribution in [0.2, 0.25) is 0 Å². The number of hydrogen-bond acceptors (Lipinski definition) is 4. The van der Waals surface area contributed by atoms with Crippen LogP contribution in [-0.4, -0.2) is 25.6 Å². The first-order valence-corrected chi connectivity index (χ1v) is 4.51. The summed E-state index contributed by atoms with van der Waals surface area (Å²) in [7, 11) is 1.34. The van der Waals surface area contributed by atoms with Gasteiger partial charge in [-0.05, 0) is 6.07 Å². The second-order valence-electron chi connectivity index (χ2n) is 3.40. The quantitative estimate of drug-likeness (QED) is 0.563. The molecule has 17 heavy (non-hydrogen) atoms. The van der Waals surface area contributed by atoms with Gasteiger partial charge in [0, 0.05) is 7.05 Å². The Morgan fingerprint density at radius 2 is 1.88 bits per heavy atom. The summed E-state index contributed by atoms with van der Waals surface area (Å²) in [5.74, 6) is -1.44. The zero-order valence-electron chi connectivity index (χ0n) is 8.60. The van der Waals surface area contributed by atoms with Crippen LogP contribution >= 0.6 is 0 Å². The average molecular weight is 237 g/mol. The molecular formula is C9H7N3O5. The highest BCUT2D eigenvalue weighted by atomic mass is 16.4. The summed E-state index contributed by atoms with van der Waals surface area (Å²) in [5.41, 5.74) is -2.89. The first-order valence-electron chi connectivity index (χ1n) is 4.51. The van der Waals surface area contributed by atoms with Crippen LogP contribution in [0.1, 0.15) is 10.4 Å². The molecule has 2 heterocycles. The van der Waals surface area contributed by atoms with Gasteiger partial charge in [0.1, 0.15) is 11.2 Å². The van der Waals surface area contributed by atoms with E-state index >= 15 is 0 Å². The van der Waals surface area contributed by atoms with Crippen molar-refractivity contribution in [1.82, 2.24) is 14.5 Å². The number of carboxylic acid groups (broad SMARTS) is 1. The molecule has 0 saturated carbocycles. The summed E-state index contributed by atoms with van der Waals surface area (Å²) in [6.07, 6.45) is 0. The molecule has 0 aliphatic rings. The normalized spacial score (nSPS) is 10.6. The maximum atomic E-state index is 11.5. The van der Waals surface area contributed by atoms with Gasteiger partial charge in [-0.1, -0.05) is 0 Å². The summed E-state index contributed by atoms with van der Waals surface area (Å²) in [6.45, 7) is 0. The molecule has 8 nitrogen and oxygen atoms in total. The van der Waals surface area contributed by atoms with Crippen LogP contribution in [0.5, 0.6) is 0 Å². The number of aryl methyl sites for hydroxylation is 1. The fourth-order valence-electron chi connectivity index (χ4n) is 1.47. The topological polar surface area (TPSA) is 125 Å². The van der Waals surface area contributed by atoms with Crippen LogP contribution in [0, 0.1) is 0 Å². The van der Waals surface area contributed by atoms with Crippen molar-refractivity contribution < 1.29 is 9.90 Å². The third-order valence-corrected chi connectivity index (χ3v) is 2.36. The van der Waals surface area contributed by atoms with Gasteiger partial charge in [0.05, 0.1) is 5.39 Å². The number of carboxylic acids is 1. The molecule has 8 heteroatoms. The highest BCUT2D eigenvalue weighted by Gasteiger charge is 2.13. The standard InChI is InChI=1S/C9H7N3O5/c1-12-5-3(6(13)11-9(12)17)2-4(8(15)16)7(14)10-5/h2H,1H3,(H,10,14)(H,15,16)(H,11,13,17).